The largest absolute Gasteiger partial charge is 0.481 e. The number of hydrogen-bond acceptors (Lipinski definition) is 5. The maximum atomic E-state index is 13.0. The average Bonchev–Trinajstić information content (AvgIpc) is 3.23. The van der Waals surface area contributed by atoms with Crippen LogP contribution in [0.15, 0.2) is 47.2 Å². The number of pyridine rings is 1. The number of nitrogens with one attached hydrogen (secondary N) is 1. The highest BCUT2D eigenvalue weighted by molar-refractivity contribution is 6.30. The summed E-state index contributed by atoms with van der Waals surface area (Å²) in [7, 11) is 0. The molecule has 0 saturated carbocycles. The standard InChI is InChI=1S/C25H26ClN3O4/c1-15-23(13-28-24(30)21-8-10-32-16(21)2)22-7-9-29(14-18(22)12-27-15)25(31)17(3)33-20-6-4-5-19(26)11-20/h4-6,8,10-12,17H,7,9,13-14H2,1-3H3,(H,28,30)/t17-/m1/s1. The molecule has 1 N–H and O–H groups in total. The first kappa shape index (κ1) is 22.9. The van der Waals surface area contributed by atoms with E-state index >= 15 is 0 Å². The van der Waals surface area contributed by atoms with Crippen molar-refractivity contribution in [1.29, 1.82) is 0 Å². The fourth-order valence-corrected chi connectivity index (χ4v) is 4.26. The zero-order valence-corrected chi connectivity index (χ0v) is 19.6. The topological polar surface area (TPSA) is 84.7 Å². The highest BCUT2D eigenvalue weighted by atomic mass is 35.5. The highest BCUT2D eigenvalue weighted by Gasteiger charge is 2.28. The van der Waals surface area contributed by atoms with Gasteiger partial charge >= 0.3 is 0 Å². The number of aryl methyl sites for hydroxylation is 2. The number of ether oxygens (including phenoxy) is 1. The van der Waals surface area contributed by atoms with Gasteiger partial charge in [-0.25, -0.2) is 0 Å². The molecule has 2 aromatic heterocycles. The summed E-state index contributed by atoms with van der Waals surface area (Å²) >= 11 is 6.01. The second-order valence-corrected chi connectivity index (χ2v) is 8.56. The number of furan rings is 1. The van der Waals surface area contributed by atoms with E-state index in [0.717, 1.165) is 22.4 Å². The number of amides is 2. The monoisotopic (exact) mass is 467 g/mol. The lowest BCUT2D eigenvalue weighted by atomic mass is 9.94. The third kappa shape index (κ3) is 5.03. The Hall–Kier alpha value is -3.32. The van der Waals surface area contributed by atoms with Crippen LogP contribution in [0.4, 0.5) is 0 Å². The molecule has 1 aliphatic heterocycles. The third-order valence-corrected chi connectivity index (χ3v) is 6.13. The van der Waals surface area contributed by atoms with Gasteiger partial charge in [-0.1, -0.05) is 17.7 Å². The molecule has 0 unspecified atom stereocenters. The zero-order valence-electron chi connectivity index (χ0n) is 18.9. The Morgan fingerprint density at radius 2 is 2.12 bits per heavy atom. The average molecular weight is 468 g/mol. The van der Waals surface area contributed by atoms with Gasteiger partial charge < -0.3 is 19.4 Å². The minimum atomic E-state index is -0.639. The molecule has 4 rings (SSSR count). The van der Waals surface area contributed by atoms with Crippen molar-refractivity contribution in [1.82, 2.24) is 15.2 Å². The van der Waals surface area contributed by atoms with E-state index in [1.807, 2.05) is 13.1 Å². The van der Waals surface area contributed by atoms with E-state index in [1.165, 1.54) is 6.26 Å². The van der Waals surface area contributed by atoms with E-state index in [1.54, 1.807) is 49.1 Å². The number of halogens is 1. The van der Waals surface area contributed by atoms with Gasteiger partial charge in [0.05, 0.1) is 11.8 Å². The maximum Gasteiger partial charge on any atom is 0.263 e. The molecule has 7 nitrogen and oxygen atoms in total. The molecule has 0 aliphatic carbocycles. The molecule has 0 bridgehead atoms. The molecule has 8 heteroatoms. The van der Waals surface area contributed by atoms with Crippen LogP contribution in [0.1, 0.15) is 45.4 Å². The molecule has 1 aromatic carbocycles. The summed E-state index contributed by atoms with van der Waals surface area (Å²) in [5.41, 5.74) is 4.52. The van der Waals surface area contributed by atoms with Crippen molar-refractivity contribution >= 4 is 23.4 Å². The first-order valence-corrected chi connectivity index (χ1v) is 11.2. The SMILES string of the molecule is Cc1ncc2c(c1CNC(=O)c1ccoc1C)CCN(C(=O)[C@@H](C)Oc1cccc(Cl)c1)C2. The summed E-state index contributed by atoms with van der Waals surface area (Å²) in [5, 5.41) is 3.53. The van der Waals surface area contributed by atoms with Crippen LogP contribution in [0.2, 0.25) is 5.02 Å². The maximum absolute atomic E-state index is 13.0. The normalized spacial score (nSPS) is 13.9. The molecule has 0 spiro atoms. The predicted octanol–water partition coefficient (Wildman–Crippen LogP) is 4.23. The van der Waals surface area contributed by atoms with Crippen LogP contribution in [0, 0.1) is 13.8 Å². The van der Waals surface area contributed by atoms with Gasteiger partial charge in [-0.2, -0.15) is 0 Å². The molecule has 0 radical (unpaired) electrons. The van der Waals surface area contributed by atoms with Gasteiger partial charge in [0, 0.05) is 36.5 Å². The molecule has 2 amide bonds. The van der Waals surface area contributed by atoms with Crippen molar-refractivity contribution < 1.29 is 18.7 Å². The van der Waals surface area contributed by atoms with Crippen molar-refractivity contribution in [3.05, 3.63) is 81.5 Å². The minimum Gasteiger partial charge on any atom is -0.481 e. The van der Waals surface area contributed by atoms with Gasteiger partial charge in [0.15, 0.2) is 6.10 Å². The number of carbonyl (C=O) groups is 2. The quantitative estimate of drug-likeness (QED) is 0.586. The van der Waals surface area contributed by atoms with E-state index in [2.05, 4.69) is 10.3 Å². The van der Waals surface area contributed by atoms with E-state index in [0.29, 0.717) is 48.2 Å². The second kappa shape index (κ2) is 9.67. The third-order valence-electron chi connectivity index (χ3n) is 5.89. The number of rotatable bonds is 6. The van der Waals surface area contributed by atoms with Gasteiger partial charge in [0.25, 0.3) is 11.8 Å². The molecular weight excluding hydrogens is 442 g/mol. The summed E-state index contributed by atoms with van der Waals surface area (Å²) in [6, 6.07) is 8.67. The summed E-state index contributed by atoms with van der Waals surface area (Å²) < 4.78 is 11.0. The fourth-order valence-electron chi connectivity index (χ4n) is 4.08. The van der Waals surface area contributed by atoms with Crippen LogP contribution >= 0.6 is 11.6 Å². The first-order chi connectivity index (χ1) is 15.8. The predicted molar refractivity (Wildman–Crippen MR) is 124 cm³/mol. The van der Waals surface area contributed by atoms with E-state index < -0.39 is 6.10 Å². The Morgan fingerprint density at radius 1 is 1.30 bits per heavy atom. The smallest absolute Gasteiger partial charge is 0.263 e. The van der Waals surface area contributed by atoms with Gasteiger partial charge in [-0.15, -0.1) is 0 Å². The molecule has 172 valence electrons. The molecule has 3 heterocycles. The molecule has 3 aromatic rings. The lowest BCUT2D eigenvalue weighted by Crippen LogP contribution is -2.43. The molecular formula is C25H26ClN3O4. The number of hydrogen-bond donors (Lipinski definition) is 1. The van der Waals surface area contributed by atoms with Crippen molar-refractivity contribution in [3.8, 4) is 5.75 Å². The van der Waals surface area contributed by atoms with Crippen LogP contribution in [0.3, 0.4) is 0 Å². The Balaban J connectivity index is 1.44. The summed E-state index contributed by atoms with van der Waals surface area (Å²) in [5.74, 6) is 0.869. The lowest BCUT2D eigenvalue weighted by molar-refractivity contribution is -0.138. The Kier molecular flexibility index (Phi) is 6.70. The van der Waals surface area contributed by atoms with Gasteiger partial charge in [-0.05, 0) is 68.1 Å². The summed E-state index contributed by atoms with van der Waals surface area (Å²) in [6.07, 6.45) is 3.37. The van der Waals surface area contributed by atoms with Crippen LogP contribution in [-0.4, -0.2) is 34.3 Å². The van der Waals surface area contributed by atoms with Crippen molar-refractivity contribution in [3.63, 3.8) is 0 Å². The fraction of sp³-hybridized carbons (Fsp3) is 0.320. The number of aromatic nitrogens is 1. The summed E-state index contributed by atoms with van der Waals surface area (Å²) in [6.45, 7) is 6.82. The minimum absolute atomic E-state index is 0.0912. The lowest BCUT2D eigenvalue weighted by Gasteiger charge is -2.32. The first-order valence-electron chi connectivity index (χ1n) is 10.8. The molecule has 1 aliphatic rings. The van der Waals surface area contributed by atoms with Gasteiger partial charge in [0.2, 0.25) is 0 Å². The summed E-state index contributed by atoms with van der Waals surface area (Å²) in [4.78, 5) is 31.8. The Bertz CT molecular complexity index is 1190. The van der Waals surface area contributed by atoms with Crippen molar-refractivity contribution in [2.45, 2.75) is 46.4 Å². The molecule has 0 saturated heterocycles. The van der Waals surface area contributed by atoms with Crippen molar-refractivity contribution in [2.75, 3.05) is 6.54 Å². The van der Waals surface area contributed by atoms with Crippen LogP contribution in [-0.2, 0) is 24.3 Å². The number of fused-ring (bicyclic) bond motifs is 1. The molecule has 1 atom stereocenters. The number of nitrogens with zero attached hydrogens (tertiary/aromatic N) is 2. The van der Waals surface area contributed by atoms with Crippen LogP contribution in [0.5, 0.6) is 5.75 Å². The Morgan fingerprint density at radius 3 is 2.85 bits per heavy atom. The van der Waals surface area contributed by atoms with Gasteiger partial charge in [0.1, 0.15) is 11.5 Å². The zero-order chi connectivity index (χ0) is 23.5. The highest BCUT2D eigenvalue weighted by Crippen LogP contribution is 2.25. The number of benzene rings is 1. The van der Waals surface area contributed by atoms with Crippen LogP contribution < -0.4 is 10.1 Å². The van der Waals surface area contributed by atoms with Gasteiger partial charge in [-0.3, -0.25) is 14.6 Å². The molecule has 0 fully saturated rings. The van der Waals surface area contributed by atoms with Crippen LogP contribution in [0.25, 0.3) is 0 Å². The Labute approximate surface area is 197 Å². The van der Waals surface area contributed by atoms with Crippen molar-refractivity contribution in [2.24, 2.45) is 0 Å². The molecule has 33 heavy (non-hydrogen) atoms. The second-order valence-electron chi connectivity index (χ2n) is 8.13. The number of carbonyl (C=O) groups excluding carboxylic acids is 2. The van der Waals surface area contributed by atoms with E-state index in [4.69, 9.17) is 20.8 Å². The van der Waals surface area contributed by atoms with E-state index in [-0.39, 0.29) is 11.8 Å². The van der Waals surface area contributed by atoms with E-state index in [9.17, 15) is 9.59 Å².